The molecule has 1 aromatic rings. The Morgan fingerprint density at radius 1 is 0.961 bits per heavy atom. The van der Waals surface area contributed by atoms with Crippen molar-refractivity contribution >= 4 is 37.0 Å². The van der Waals surface area contributed by atoms with E-state index in [1.807, 2.05) is 64.8 Å². The maximum atomic E-state index is 13.5. The number of urea groups is 1. The van der Waals surface area contributed by atoms with Gasteiger partial charge in [0, 0.05) is 25.6 Å². The molecule has 0 aromatic heterocycles. The molecule has 51 heavy (non-hydrogen) atoms. The smallest absolute Gasteiger partial charge is 0.315 e. The van der Waals surface area contributed by atoms with Gasteiger partial charge in [-0.05, 0) is 54.4 Å². The zero-order valence-corrected chi connectivity index (χ0v) is 33.3. The standard InChI is InChI=1S/C22H39N5O4.C8H8O2.2C4H10.CH2O/c1-6-24-21(31)26-18(22(3,4)5)20(30)27-10-9-13(2)17(27)19(29)25-15(12-16(23)28)11-14-7-8-14;9-7-10-6-8-4-2-1-3-5-8;2*1-4(2)3;1-2/h13-15,17-18H,6-12H2,1-5H3,(H2,23,28)(H,25,29)(H2,24,26,31);1-5,7H,6H2;2*4H,1-3H3;1H2. The molecule has 3 rings (SSSR count). The molecule has 0 radical (unpaired) electrons. The van der Waals surface area contributed by atoms with E-state index in [2.05, 4.69) is 62.2 Å². The van der Waals surface area contributed by atoms with Crippen LogP contribution in [0.25, 0.3) is 0 Å². The van der Waals surface area contributed by atoms with Crippen LogP contribution in [0.1, 0.15) is 114 Å². The fraction of sp³-hybridized carbons (Fsp3) is 0.692. The maximum Gasteiger partial charge on any atom is 0.315 e. The van der Waals surface area contributed by atoms with Crippen molar-refractivity contribution in [3.05, 3.63) is 35.9 Å². The molecule has 5 amide bonds. The first-order chi connectivity index (χ1) is 23.8. The second-order valence-electron chi connectivity index (χ2n) is 15.5. The summed E-state index contributed by atoms with van der Waals surface area (Å²) < 4.78 is 4.54. The lowest BCUT2D eigenvalue weighted by Crippen LogP contribution is -2.60. The third kappa shape index (κ3) is 24.0. The minimum atomic E-state index is -0.771. The zero-order chi connectivity index (χ0) is 39.7. The van der Waals surface area contributed by atoms with E-state index in [0.717, 1.165) is 36.7 Å². The largest absolute Gasteiger partial charge is 0.463 e. The first-order valence-corrected chi connectivity index (χ1v) is 18.1. The van der Waals surface area contributed by atoms with E-state index < -0.39 is 29.4 Å². The number of amides is 5. The van der Waals surface area contributed by atoms with Crippen molar-refractivity contribution in [1.29, 1.82) is 0 Å². The second kappa shape index (κ2) is 26.8. The SMILES string of the molecule is C=O.CC(C)C.CC(C)C.CCNC(=O)NC(C(=O)N1CCC(C)C1C(=O)NC(CC(N)=O)CC1CC1)C(C)(C)C.O=COCc1ccccc1. The van der Waals surface area contributed by atoms with Crippen LogP contribution in [-0.4, -0.2) is 73.1 Å². The Morgan fingerprint density at radius 2 is 1.49 bits per heavy atom. The molecule has 12 nitrogen and oxygen atoms in total. The predicted molar refractivity (Wildman–Crippen MR) is 203 cm³/mol. The highest BCUT2D eigenvalue weighted by molar-refractivity contribution is 5.93. The molecule has 4 unspecified atom stereocenters. The Labute approximate surface area is 307 Å². The molecular weight excluding hydrogens is 650 g/mol. The third-order valence-electron chi connectivity index (χ3n) is 7.25. The molecule has 1 aliphatic heterocycles. The lowest BCUT2D eigenvalue weighted by molar-refractivity contribution is -0.143. The van der Waals surface area contributed by atoms with Gasteiger partial charge < -0.3 is 36.1 Å². The van der Waals surface area contributed by atoms with Crippen LogP contribution in [0.4, 0.5) is 4.79 Å². The minimum absolute atomic E-state index is 0.0239. The van der Waals surface area contributed by atoms with Crippen molar-refractivity contribution in [2.24, 2.45) is 34.8 Å². The van der Waals surface area contributed by atoms with Gasteiger partial charge in [0.1, 0.15) is 25.5 Å². The van der Waals surface area contributed by atoms with Crippen LogP contribution >= 0.6 is 0 Å². The van der Waals surface area contributed by atoms with Crippen molar-refractivity contribution < 1.29 is 33.5 Å². The van der Waals surface area contributed by atoms with Gasteiger partial charge in [-0.25, -0.2) is 4.79 Å². The van der Waals surface area contributed by atoms with Gasteiger partial charge >= 0.3 is 6.03 Å². The number of benzene rings is 1. The highest BCUT2D eigenvalue weighted by Gasteiger charge is 2.45. The molecule has 292 valence electrons. The molecule has 1 aromatic carbocycles. The molecule has 1 saturated heterocycles. The number of likely N-dealkylation sites (tertiary alicyclic amines) is 1. The highest BCUT2D eigenvalue weighted by atomic mass is 16.5. The summed E-state index contributed by atoms with van der Waals surface area (Å²) in [6.07, 6.45) is 3.74. The molecular formula is C39H69N5O7. The van der Waals surface area contributed by atoms with Crippen LogP contribution in [0.15, 0.2) is 30.3 Å². The van der Waals surface area contributed by atoms with Crippen molar-refractivity contribution in [3.8, 4) is 0 Å². The monoisotopic (exact) mass is 720 g/mol. The molecule has 1 heterocycles. The van der Waals surface area contributed by atoms with Gasteiger partial charge in [-0.1, -0.05) is 112 Å². The Kier molecular flexibility index (Phi) is 25.8. The third-order valence-corrected chi connectivity index (χ3v) is 7.25. The maximum absolute atomic E-state index is 13.5. The van der Waals surface area contributed by atoms with Crippen molar-refractivity contribution in [3.63, 3.8) is 0 Å². The average molecular weight is 720 g/mol. The van der Waals surface area contributed by atoms with Crippen LogP contribution in [-0.2, 0) is 35.3 Å². The Hall–Kier alpha value is -3.96. The molecule has 0 bridgehead atoms. The number of rotatable bonds is 12. The number of carbonyl (C=O) groups excluding carboxylic acids is 6. The van der Waals surface area contributed by atoms with E-state index in [0.29, 0.717) is 38.5 Å². The summed E-state index contributed by atoms with van der Waals surface area (Å²) in [6, 6.07) is 7.42. The molecule has 2 fully saturated rings. The normalized spacial score (nSPS) is 17.2. The molecule has 0 spiro atoms. The van der Waals surface area contributed by atoms with Crippen LogP contribution < -0.4 is 21.7 Å². The van der Waals surface area contributed by atoms with Crippen molar-refractivity contribution in [2.45, 2.75) is 133 Å². The Bertz CT molecular complexity index is 1120. The fourth-order valence-electron chi connectivity index (χ4n) is 4.93. The number of hydrogen-bond donors (Lipinski definition) is 4. The predicted octanol–water partition coefficient (Wildman–Crippen LogP) is 5.62. The van der Waals surface area contributed by atoms with Gasteiger partial charge in [0.2, 0.25) is 17.7 Å². The van der Waals surface area contributed by atoms with Gasteiger partial charge in [0.05, 0.1) is 0 Å². The van der Waals surface area contributed by atoms with Gasteiger partial charge in [-0.2, -0.15) is 0 Å². The lowest BCUT2D eigenvalue weighted by atomic mass is 9.85. The van der Waals surface area contributed by atoms with Crippen LogP contribution in [0.5, 0.6) is 0 Å². The van der Waals surface area contributed by atoms with Gasteiger partial charge in [0.15, 0.2) is 0 Å². The van der Waals surface area contributed by atoms with Crippen LogP contribution in [0.3, 0.4) is 0 Å². The number of hydrogen-bond acceptors (Lipinski definition) is 7. The van der Waals surface area contributed by atoms with E-state index in [9.17, 15) is 24.0 Å². The molecule has 4 atom stereocenters. The molecule has 2 aliphatic rings. The Morgan fingerprint density at radius 3 is 1.92 bits per heavy atom. The quantitative estimate of drug-likeness (QED) is 0.203. The summed E-state index contributed by atoms with van der Waals surface area (Å²) in [5.41, 5.74) is 5.86. The number of ether oxygens (including phenoxy) is 1. The van der Waals surface area contributed by atoms with E-state index >= 15 is 0 Å². The van der Waals surface area contributed by atoms with Crippen molar-refractivity contribution in [1.82, 2.24) is 20.9 Å². The zero-order valence-electron chi connectivity index (χ0n) is 33.3. The lowest BCUT2D eigenvalue weighted by Gasteiger charge is -2.36. The Balaban J connectivity index is 0. The first-order valence-electron chi connectivity index (χ1n) is 18.1. The minimum Gasteiger partial charge on any atom is -0.463 e. The number of nitrogens with zero attached hydrogens (tertiary/aromatic N) is 1. The summed E-state index contributed by atoms with van der Waals surface area (Å²) in [5.74, 6) is 1.20. The van der Waals surface area contributed by atoms with E-state index in [1.54, 1.807) is 11.8 Å². The fourth-order valence-corrected chi connectivity index (χ4v) is 4.93. The second-order valence-corrected chi connectivity index (χ2v) is 15.5. The number of carbonyl (C=O) groups is 6. The molecule has 12 heteroatoms. The average Bonchev–Trinajstić information content (AvgIpc) is 3.76. The first kappa shape index (κ1) is 49.2. The van der Waals surface area contributed by atoms with E-state index in [1.165, 1.54) is 0 Å². The van der Waals surface area contributed by atoms with Gasteiger partial charge in [0.25, 0.3) is 6.47 Å². The van der Waals surface area contributed by atoms with Crippen LogP contribution in [0, 0.1) is 29.1 Å². The highest BCUT2D eigenvalue weighted by Crippen LogP contribution is 2.34. The summed E-state index contributed by atoms with van der Waals surface area (Å²) in [4.78, 5) is 69.6. The topological polar surface area (TPSA) is 177 Å². The molecule has 1 saturated carbocycles. The van der Waals surface area contributed by atoms with Gasteiger partial charge in [-0.3, -0.25) is 19.2 Å². The van der Waals surface area contributed by atoms with Gasteiger partial charge in [-0.15, -0.1) is 0 Å². The summed E-state index contributed by atoms with van der Waals surface area (Å²) >= 11 is 0. The number of nitrogens with two attached hydrogens (primary N) is 1. The number of nitrogens with one attached hydrogen (secondary N) is 3. The number of primary amides is 1. The van der Waals surface area contributed by atoms with E-state index in [-0.39, 0.29) is 30.2 Å². The van der Waals surface area contributed by atoms with Crippen molar-refractivity contribution in [2.75, 3.05) is 13.1 Å². The summed E-state index contributed by atoms with van der Waals surface area (Å²) in [6.45, 7) is 26.1. The van der Waals surface area contributed by atoms with E-state index in [4.69, 9.17) is 10.5 Å². The summed E-state index contributed by atoms with van der Waals surface area (Å²) in [5, 5.41) is 8.42. The molecule has 5 N–H and O–H groups in total. The summed E-state index contributed by atoms with van der Waals surface area (Å²) in [7, 11) is 0. The van der Waals surface area contributed by atoms with Crippen LogP contribution in [0.2, 0.25) is 0 Å². The molecule has 1 aliphatic carbocycles.